The van der Waals surface area contributed by atoms with Crippen molar-refractivity contribution in [3.05, 3.63) is 23.8 Å². The normalized spacial score (nSPS) is 44.5. The van der Waals surface area contributed by atoms with Gasteiger partial charge in [0.2, 0.25) is 0 Å². The summed E-state index contributed by atoms with van der Waals surface area (Å²) in [5, 5.41) is 0. The molecule has 0 N–H and O–H groups in total. The van der Waals surface area contributed by atoms with Crippen LogP contribution in [0.2, 0.25) is 0 Å². The highest BCUT2D eigenvalue weighted by Gasteiger charge is 2.57. The van der Waals surface area contributed by atoms with Gasteiger partial charge in [-0.2, -0.15) is 0 Å². The molecule has 0 heterocycles. The van der Waals surface area contributed by atoms with Crippen LogP contribution in [0.25, 0.3) is 0 Å². The molecule has 2 saturated carbocycles. The van der Waals surface area contributed by atoms with Gasteiger partial charge >= 0.3 is 0 Å². The minimum atomic E-state index is 0.552. The Morgan fingerprint density at radius 2 is 1.64 bits per heavy atom. The second-order valence-electron chi connectivity index (χ2n) is 12.2. The summed E-state index contributed by atoms with van der Waals surface area (Å²) in [5.41, 5.74) is 3.06. The summed E-state index contributed by atoms with van der Waals surface area (Å²) in [5.74, 6) is 6.24. The molecular formula is C28H46. The number of allylic oxidation sites excluding steroid dienone is 4. The maximum absolute atomic E-state index is 2.76. The van der Waals surface area contributed by atoms with Crippen molar-refractivity contribution in [3.63, 3.8) is 0 Å². The molecule has 0 saturated heterocycles. The number of fused-ring (bicyclic) bond motifs is 5. The van der Waals surface area contributed by atoms with Gasteiger partial charge in [-0.1, -0.05) is 78.2 Å². The van der Waals surface area contributed by atoms with Crippen molar-refractivity contribution in [1.29, 1.82) is 0 Å². The van der Waals surface area contributed by atoms with E-state index in [1.807, 2.05) is 5.57 Å². The molecule has 0 aromatic rings. The van der Waals surface area contributed by atoms with Crippen LogP contribution >= 0.6 is 0 Å². The number of rotatable bonds is 5. The van der Waals surface area contributed by atoms with Gasteiger partial charge in [-0.15, -0.1) is 0 Å². The van der Waals surface area contributed by atoms with E-state index in [-0.39, 0.29) is 0 Å². The molecule has 4 rings (SSSR count). The average Bonchev–Trinajstić information content (AvgIpc) is 3.02. The Balaban J connectivity index is 1.50. The third-order valence-corrected chi connectivity index (χ3v) is 10.6. The Hall–Kier alpha value is -0.520. The van der Waals surface area contributed by atoms with E-state index in [0.29, 0.717) is 10.8 Å². The highest BCUT2D eigenvalue weighted by molar-refractivity contribution is 5.28. The molecule has 0 aromatic carbocycles. The lowest BCUT2D eigenvalue weighted by Crippen LogP contribution is -2.47. The Morgan fingerprint density at radius 3 is 2.39 bits per heavy atom. The van der Waals surface area contributed by atoms with Crippen molar-refractivity contribution >= 4 is 0 Å². The highest BCUT2D eigenvalue weighted by Crippen LogP contribution is 2.66. The minimum absolute atomic E-state index is 0.552. The lowest BCUT2D eigenvalue weighted by Gasteiger charge is -2.56. The predicted molar refractivity (Wildman–Crippen MR) is 122 cm³/mol. The molecule has 0 heteroatoms. The number of hydrogen-bond acceptors (Lipinski definition) is 0. The quantitative estimate of drug-likeness (QED) is 0.418. The van der Waals surface area contributed by atoms with Crippen molar-refractivity contribution in [2.45, 2.75) is 99.3 Å². The first-order valence-electron chi connectivity index (χ1n) is 12.6. The van der Waals surface area contributed by atoms with Gasteiger partial charge in [0.15, 0.2) is 0 Å². The van der Waals surface area contributed by atoms with Gasteiger partial charge in [0.25, 0.3) is 0 Å². The third kappa shape index (κ3) is 3.26. The van der Waals surface area contributed by atoms with Crippen LogP contribution in [0.1, 0.15) is 99.3 Å². The maximum Gasteiger partial charge on any atom is -0.0140 e. The van der Waals surface area contributed by atoms with E-state index in [1.165, 1.54) is 57.8 Å². The average molecular weight is 383 g/mol. The second kappa shape index (κ2) is 7.63. The summed E-state index contributed by atoms with van der Waals surface area (Å²) in [6.45, 7) is 15.2. The fraction of sp³-hybridized carbons (Fsp3) is 0.857. The van der Waals surface area contributed by atoms with E-state index in [9.17, 15) is 0 Å². The van der Waals surface area contributed by atoms with Crippen molar-refractivity contribution in [2.24, 2.45) is 52.3 Å². The molecule has 28 heavy (non-hydrogen) atoms. The minimum Gasteiger partial charge on any atom is -0.0882 e. The first-order valence-corrected chi connectivity index (χ1v) is 12.6. The van der Waals surface area contributed by atoms with E-state index in [1.54, 1.807) is 0 Å². The van der Waals surface area contributed by atoms with Gasteiger partial charge < -0.3 is 0 Å². The van der Waals surface area contributed by atoms with Gasteiger partial charge in [0.05, 0.1) is 0 Å². The van der Waals surface area contributed by atoms with Crippen LogP contribution in [0.5, 0.6) is 0 Å². The highest BCUT2D eigenvalue weighted by atomic mass is 14.6. The van der Waals surface area contributed by atoms with Gasteiger partial charge in [0, 0.05) is 0 Å². The molecule has 0 radical (unpaired) electrons. The monoisotopic (exact) mass is 382 g/mol. The van der Waals surface area contributed by atoms with Crippen molar-refractivity contribution in [3.8, 4) is 0 Å². The molecule has 0 amide bonds. The molecule has 4 aliphatic rings. The molecule has 158 valence electrons. The van der Waals surface area contributed by atoms with Crippen molar-refractivity contribution < 1.29 is 0 Å². The first-order chi connectivity index (χ1) is 13.3. The summed E-state index contributed by atoms with van der Waals surface area (Å²) in [4.78, 5) is 0. The zero-order valence-corrected chi connectivity index (χ0v) is 19.6. The van der Waals surface area contributed by atoms with E-state index in [2.05, 4.69) is 59.8 Å². The summed E-state index contributed by atoms with van der Waals surface area (Å²) >= 11 is 0. The third-order valence-electron chi connectivity index (χ3n) is 10.6. The van der Waals surface area contributed by atoms with Crippen LogP contribution in [0.3, 0.4) is 0 Å². The topological polar surface area (TPSA) is 0 Å². The van der Waals surface area contributed by atoms with E-state index in [4.69, 9.17) is 0 Å². The van der Waals surface area contributed by atoms with Gasteiger partial charge in [-0.25, -0.2) is 0 Å². The van der Waals surface area contributed by atoms with E-state index in [0.717, 1.165) is 41.4 Å². The van der Waals surface area contributed by atoms with Crippen molar-refractivity contribution in [2.75, 3.05) is 0 Å². The fourth-order valence-electron chi connectivity index (χ4n) is 8.13. The van der Waals surface area contributed by atoms with Gasteiger partial charge in [-0.3, -0.25) is 0 Å². The van der Waals surface area contributed by atoms with Gasteiger partial charge in [0.1, 0.15) is 0 Å². The summed E-state index contributed by atoms with van der Waals surface area (Å²) in [7, 11) is 0. The Kier molecular flexibility index (Phi) is 5.65. The molecule has 2 fully saturated rings. The molecule has 4 unspecified atom stereocenters. The lowest BCUT2D eigenvalue weighted by molar-refractivity contribution is 0.0118. The molecule has 0 bridgehead atoms. The molecule has 0 spiro atoms. The van der Waals surface area contributed by atoms with Crippen LogP contribution in [0.4, 0.5) is 0 Å². The second-order valence-corrected chi connectivity index (χ2v) is 12.2. The van der Waals surface area contributed by atoms with E-state index >= 15 is 0 Å². The summed E-state index contributed by atoms with van der Waals surface area (Å²) < 4.78 is 0. The zero-order chi connectivity index (χ0) is 20.1. The van der Waals surface area contributed by atoms with Crippen LogP contribution in [-0.2, 0) is 0 Å². The van der Waals surface area contributed by atoms with Crippen LogP contribution < -0.4 is 0 Å². The van der Waals surface area contributed by atoms with E-state index < -0.39 is 0 Å². The zero-order valence-electron chi connectivity index (χ0n) is 19.6. The molecule has 8 atom stereocenters. The molecule has 4 aliphatic carbocycles. The molecule has 0 aromatic heterocycles. The Labute approximate surface area is 175 Å². The number of hydrogen-bond donors (Lipinski definition) is 0. The first kappa shape index (κ1) is 20.7. The largest absolute Gasteiger partial charge is 0.0882 e. The van der Waals surface area contributed by atoms with Crippen LogP contribution in [0, 0.1) is 52.3 Å². The lowest BCUT2D eigenvalue weighted by atomic mass is 9.48. The maximum atomic E-state index is 2.76. The summed E-state index contributed by atoms with van der Waals surface area (Å²) in [6, 6.07) is 0. The van der Waals surface area contributed by atoms with Crippen molar-refractivity contribution in [1.82, 2.24) is 0 Å². The molecule has 0 aliphatic heterocycles. The Bertz CT molecular complexity index is 624. The molecule has 0 nitrogen and oxygen atoms in total. The predicted octanol–water partition coefficient (Wildman–Crippen LogP) is 8.44. The fourth-order valence-corrected chi connectivity index (χ4v) is 8.13. The Morgan fingerprint density at radius 1 is 0.893 bits per heavy atom. The smallest absolute Gasteiger partial charge is 0.0140 e. The van der Waals surface area contributed by atoms with Gasteiger partial charge in [-0.05, 0) is 97.2 Å². The SMILES string of the molecule is CC(C)[C@@H](C)CC[C@@H](C)C1CCC2C3=CC[C@H]4CC=CC[C@@]4(C)C3CCC21C. The van der Waals surface area contributed by atoms with Crippen LogP contribution in [-0.4, -0.2) is 0 Å². The standard InChI is InChI=1S/C28H46/c1-19(2)20(3)10-11-21(4)24-14-15-25-23-13-12-22-9-7-8-17-27(22,5)26(23)16-18-28(24,25)6/h7-8,13,19-22,24-26H,9-12,14-18H2,1-6H3/t20-,21+,22+,24?,25?,26?,27+,28?/m0/s1. The molecular weight excluding hydrogens is 336 g/mol. The summed E-state index contributed by atoms with van der Waals surface area (Å²) in [6.07, 6.45) is 20.5. The van der Waals surface area contributed by atoms with Crippen LogP contribution in [0.15, 0.2) is 23.8 Å².